The molecule has 0 aromatic heterocycles. The molecule has 1 unspecified atom stereocenters. The molecule has 0 aliphatic rings. The van der Waals surface area contributed by atoms with Crippen LogP contribution in [0.5, 0.6) is 0 Å². The largest absolute Gasteiger partial charge is 0.299 e. The van der Waals surface area contributed by atoms with Gasteiger partial charge in [0.1, 0.15) is 5.78 Å². The van der Waals surface area contributed by atoms with E-state index in [9.17, 15) is 4.79 Å². The molecule has 1 atom stereocenters. The lowest BCUT2D eigenvalue weighted by molar-refractivity contribution is -0.121. The number of carbonyl (C=O) groups excluding carboxylic acids is 1. The molecule has 0 bridgehead atoms. The highest BCUT2D eigenvalue weighted by molar-refractivity contribution is 6.19. The van der Waals surface area contributed by atoms with Crippen molar-refractivity contribution in [2.45, 2.75) is 19.8 Å². The van der Waals surface area contributed by atoms with E-state index in [2.05, 4.69) is 6.58 Å². The Morgan fingerprint density at radius 2 is 2.40 bits per heavy atom. The molecule has 1 nitrogen and oxygen atoms in total. The van der Waals surface area contributed by atoms with Crippen molar-refractivity contribution in [1.82, 2.24) is 0 Å². The summed E-state index contributed by atoms with van der Waals surface area (Å²) in [5.74, 6) is 0.659. The Morgan fingerprint density at radius 3 is 2.80 bits per heavy atom. The number of allylic oxidation sites excluding steroid dienone is 1. The van der Waals surface area contributed by atoms with E-state index >= 15 is 0 Å². The first-order valence-corrected chi connectivity index (χ1v) is 3.95. The third-order valence-corrected chi connectivity index (χ3v) is 1.84. The van der Waals surface area contributed by atoms with E-state index in [1.54, 1.807) is 6.08 Å². The molecule has 2 heteroatoms. The number of Topliss-reactive ketones (excluding diaryl/α,β-unsaturated/α-hetero) is 1. The second kappa shape index (κ2) is 5.48. The maximum Gasteiger partial charge on any atom is 0.137 e. The second-order valence-corrected chi connectivity index (χ2v) is 2.66. The lowest BCUT2D eigenvalue weighted by Crippen LogP contribution is -2.11. The van der Waals surface area contributed by atoms with Crippen molar-refractivity contribution in [3.05, 3.63) is 12.7 Å². The summed E-state index contributed by atoms with van der Waals surface area (Å²) >= 11 is 5.48. The zero-order valence-electron chi connectivity index (χ0n) is 6.27. The lowest BCUT2D eigenvalue weighted by Gasteiger charge is -2.03. The van der Waals surface area contributed by atoms with Crippen LogP contribution in [0, 0.1) is 5.92 Å². The molecule has 0 fully saturated rings. The number of halogens is 1. The molecule has 0 aromatic carbocycles. The zero-order chi connectivity index (χ0) is 7.98. The first-order valence-electron chi connectivity index (χ1n) is 3.42. The minimum Gasteiger partial charge on any atom is -0.299 e. The lowest BCUT2D eigenvalue weighted by atomic mass is 10.0. The molecule has 0 aromatic rings. The van der Waals surface area contributed by atoms with Crippen molar-refractivity contribution in [1.29, 1.82) is 0 Å². The quantitative estimate of drug-likeness (QED) is 0.446. The highest BCUT2D eigenvalue weighted by Crippen LogP contribution is 2.04. The first kappa shape index (κ1) is 9.70. The first-order chi connectivity index (χ1) is 4.72. The fourth-order valence-corrected chi connectivity index (χ4v) is 0.749. The van der Waals surface area contributed by atoms with E-state index in [-0.39, 0.29) is 11.7 Å². The molecule has 0 amide bonds. The van der Waals surface area contributed by atoms with E-state index in [0.29, 0.717) is 12.3 Å². The molecule has 10 heavy (non-hydrogen) atoms. The van der Waals surface area contributed by atoms with Crippen molar-refractivity contribution >= 4 is 17.4 Å². The van der Waals surface area contributed by atoms with Crippen molar-refractivity contribution in [2.75, 3.05) is 5.88 Å². The van der Waals surface area contributed by atoms with Gasteiger partial charge >= 0.3 is 0 Å². The van der Waals surface area contributed by atoms with Crippen LogP contribution in [0.2, 0.25) is 0 Å². The minimum atomic E-state index is 0.00150. The van der Waals surface area contributed by atoms with Gasteiger partial charge in [0, 0.05) is 18.2 Å². The van der Waals surface area contributed by atoms with Gasteiger partial charge in [0.2, 0.25) is 0 Å². The van der Waals surface area contributed by atoms with Crippen LogP contribution < -0.4 is 0 Å². The topological polar surface area (TPSA) is 17.1 Å². The van der Waals surface area contributed by atoms with Crippen LogP contribution in [-0.2, 0) is 4.79 Å². The van der Waals surface area contributed by atoms with E-state index in [1.807, 2.05) is 6.92 Å². The van der Waals surface area contributed by atoms with Crippen LogP contribution in [0.1, 0.15) is 19.8 Å². The Hall–Kier alpha value is -0.300. The molecular weight excluding hydrogens is 148 g/mol. The average molecular weight is 161 g/mol. The highest BCUT2D eigenvalue weighted by atomic mass is 35.5. The number of hydrogen-bond donors (Lipinski definition) is 0. The van der Waals surface area contributed by atoms with Crippen molar-refractivity contribution in [2.24, 2.45) is 5.92 Å². The fraction of sp³-hybridized carbons (Fsp3) is 0.625. The van der Waals surface area contributed by atoms with Crippen molar-refractivity contribution < 1.29 is 4.79 Å². The van der Waals surface area contributed by atoms with Crippen LogP contribution in [0.3, 0.4) is 0 Å². The summed E-state index contributed by atoms with van der Waals surface area (Å²) in [5, 5.41) is 0. The predicted octanol–water partition coefficient (Wildman–Crippen LogP) is 2.40. The molecule has 0 rings (SSSR count). The summed E-state index contributed by atoms with van der Waals surface area (Å²) in [6, 6.07) is 0. The standard InChI is InChI=1S/C8H13ClO/c1-3-4-5-8(10)7(2)6-9/h3,7H,1,4-6H2,2H3. The van der Waals surface area contributed by atoms with Crippen LogP contribution in [0.15, 0.2) is 12.7 Å². The van der Waals surface area contributed by atoms with Crippen LogP contribution >= 0.6 is 11.6 Å². The number of hydrogen-bond acceptors (Lipinski definition) is 1. The summed E-state index contributed by atoms with van der Waals surface area (Å²) in [5.41, 5.74) is 0. The summed E-state index contributed by atoms with van der Waals surface area (Å²) in [6.07, 6.45) is 3.09. The Labute approximate surface area is 67.1 Å². The van der Waals surface area contributed by atoms with Gasteiger partial charge < -0.3 is 0 Å². The summed E-state index contributed by atoms with van der Waals surface area (Å²) in [6.45, 7) is 5.38. The molecule has 0 aliphatic carbocycles. The summed E-state index contributed by atoms with van der Waals surface area (Å²) < 4.78 is 0. The van der Waals surface area contributed by atoms with Gasteiger partial charge in [0.25, 0.3) is 0 Å². The highest BCUT2D eigenvalue weighted by Gasteiger charge is 2.09. The molecule has 0 spiro atoms. The Kier molecular flexibility index (Phi) is 5.32. The SMILES string of the molecule is C=CCCC(=O)C(C)CCl. The number of rotatable bonds is 5. The average Bonchev–Trinajstić information content (AvgIpc) is 1.98. The molecule has 0 N–H and O–H groups in total. The Morgan fingerprint density at radius 1 is 1.80 bits per heavy atom. The summed E-state index contributed by atoms with van der Waals surface area (Å²) in [7, 11) is 0. The molecule has 0 heterocycles. The maximum atomic E-state index is 11.0. The molecule has 0 radical (unpaired) electrons. The van der Waals surface area contributed by atoms with E-state index in [0.717, 1.165) is 6.42 Å². The van der Waals surface area contributed by atoms with Gasteiger partial charge in [0.05, 0.1) is 0 Å². The van der Waals surface area contributed by atoms with Gasteiger partial charge in [-0.2, -0.15) is 0 Å². The van der Waals surface area contributed by atoms with E-state index in [4.69, 9.17) is 11.6 Å². The second-order valence-electron chi connectivity index (χ2n) is 2.35. The summed E-state index contributed by atoms with van der Waals surface area (Å²) in [4.78, 5) is 11.0. The maximum absolute atomic E-state index is 11.0. The van der Waals surface area contributed by atoms with Crippen LogP contribution in [0.25, 0.3) is 0 Å². The van der Waals surface area contributed by atoms with Gasteiger partial charge in [-0.05, 0) is 6.42 Å². The van der Waals surface area contributed by atoms with Gasteiger partial charge in [-0.1, -0.05) is 13.0 Å². The van der Waals surface area contributed by atoms with E-state index in [1.165, 1.54) is 0 Å². The Balaban J connectivity index is 3.51. The normalized spacial score (nSPS) is 12.6. The molecule has 0 aliphatic heterocycles. The fourth-order valence-electron chi connectivity index (χ4n) is 0.577. The monoisotopic (exact) mass is 160 g/mol. The molecule has 58 valence electrons. The third-order valence-electron chi connectivity index (χ3n) is 1.38. The van der Waals surface area contributed by atoms with Crippen LogP contribution in [-0.4, -0.2) is 11.7 Å². The van der Waals surface area contributed by atoms with Crippen LogP contribution in [0.4, 0.5) is 0 Å². The number of carbonyl (C=O) groups is 1. The molecule has 0 saturated heterocycles. The predicted molar refractivity (Wildman–Crippen MR) is 44.3 cm³/mol. The van der Waals surface area contributed by atoms with E-state index < -0.39 is 0 Å². The number of ketones is 1. The van der Waals surface area contributed by atoms with Crippen molar-refractivity contribution in [3.8, 4) is 0 Å². The smallest absolute Gasteiger partial charge is 0.137 e. The zero-order valence-corrected chi connectivity index (χ0v) is 7.03. The third kappa shape index (κ3) is 3.67. The number of alkyl halides is 1. The van der Waals surface area contributed by atoms with Gasteiger partial charge in [-0.15, -0.1) is 18.2 Å². The van der Waals surface area contributed by atoms with Gasteiger partial charge in [0.15, 0.2) is 0 Å². The van der Waals surface area contributed by atoms with Crippen molar-refractivity contribution in [3.63, 3.8) is 0 Å². The Bertz CT molecular complexity index is 120. The molecular formula is C8H13ClO. The van der Waals surface area contributed by atoms with Gasteiger partial charge in [-0.3, -0.25) is 4.79 Å². The molecule has 0 saturated carbocycles. The minimum absolute atomic E-state index is 0.00150. The van der Waals surface area contributed by atoms with Gasteiger partial charge in [-0.25, -0.2) is 0 Å².